The van der Waals surface area contributed by atoms with Gasteiger partial charge in [0, 0.05) is 13.0 Å². The van der Waals surface area contributed by atoms with Gasteiger partial charge in [-0.2, -0.15) is 0 Å². The maximum Gasteiger partial charge on any atom is 0.409 e. The van der Waals surface area contributed by atoms with Crippen LogP contribution in [0.15, 0.2) is 0 Å². The Bertz CT molecular complexity index is 657. The van der Waals surface area contributed by atoms with Crippen LogP contribution in [0.4, 0.5) is 4.79 Å². The Balaban J connectivity index is 2.26. The third-order valence-corrected chi connectivity index (χ3v) is 9.49. The van der Waals surface area contributed by atoms with Crippen molar-refractivity contribution < 1.29 is 19.1 Å². The average Bonchev–Trinajstić information content (AvgIpc) is 3.45. The van der Waals surface area contributed by atoms with E-state index in [0.717, 1.165) is 58.3 Å². The van der Waals surface area contributed by atoms with Crippen LogP contribution in [0.25, 0.3) is 0 Å². The molecule has 1 aliphatic rings. The second-order valence-corrected chi connectivity index (χ2v) is 13.8. The summed E-state index contributed by atoms with van der Waals surface area (Å²) in [4.78, 5) is 28.9. The lowest BCUT2D eigenvalue weighted by Gasteiger charge is -2.23. The molecule has 0 saturated carbocycles. The largest absolute Gasteiger partial charge is 0.462 e. The summed E-state index contributed by atoms with van der Waals surface area (Å²) in [7, 11) is 0. The Labute approximate surface area is 280 Å². The van der Waals surface area contributed by atoms with Crippen molar-refractivity contribution in [1.82, 2.24) is 9.80 Å². The zero-order valence-corrected chi connectivity index (χ0v) is 30.4. The Hall–Kier alpha value is -1.30. The van der Waals surface area contributed by atoms with Crippen LogP contribution >= 0.6 is 0 Å². The summed E-state index contributed by atoms with van der Waals surface area (Å²) in [6.45, 7) is 12.3. The molecule has 0 aromatic rings. The van der Waals surface area contributed by atoms with Gasteiger partial charge in [-0.05, 0) is 71.0 Å². The van der Waals surface area contributed by atoms with Crippen molar-refractivity contribution in [2.45, 2.75) is 200 Å². The monoisotopic (exact) mass is 637 g/mol. The number of esters is 1. The molecule has 1 fully saturated rings. The molecular formula is C39H76N2O4. The first-order valence-corrected chi connectivity index (χ1v) is 19.9. The molecule has 1 aliphatic heterocycles. The first-order valence-electron chi connectivity index (χ1n) is 19.9. The topological polar surface area (TPSA) is 59.1 Å². The fourth-order valence-electron chi connectivity index (χ4n) is 6.51. The first kappa shape index (κ1) is 41.7. The normalized spacial score (nSPS) is 13.4. The number of ether oxygens (including phenoxy) is 2. The van der Waals surface area contributed by atoms with Gasteiger partial charge in [-0.25, -0.2) is 4.79 Å². The summed E-state index contributed by atoms with van der Waals surface area (Å²) in [5.74, 6) is 0.0314. The van der Waals surface area contributed by atoms with E-state index < -0.39 is 0 Å². The molecule has 0 spiro atoms. The van der Waals surface area contributed by atoms with Gasteiger partial charge in [0.25, 0.3) is 0 Å². The highest BCUT2D eigenvalue weighted by molar-refractivity contribution is 5.69. The van der Waals surface area contributed by atoms with E-state index in [2.05, 4.69) is 25.7 Å². The SMILES string of the molecule is CCCCCCCCC(CCCCCCCC)OC(=O)CCCCCCCN(CCCCCCCC)CCCN1CCOC1=O. The molecule has 0 atom stereocenters. The molecule has 6 heteroatoms. The Morgan fingerprint density at radius 3 is 1.58 bits per heavy atom. The smallest absolute Gasteiger partial charge is 0.409 e. The van der Waals surface area contributed by atoms with Crippen LogP contribution in [0.1, 0.15) is 194 Å². The Morgan fingerprint density at radius 1 is 0.644 bits per heavy atom. The molecule has 6 nitrogen and oxygen atoms in total. The molecule has 0 radical (unpaired) electrons. The van der Waals surface area contributed by atoms with Gasteiger partial charge in [-0.3, -0.25) is 4.79 Å². The second-order valence-electron chi connectivity index (χ2n) is 13.8. The number of hydrogen-bond acceptors (Lipinski definition) is 5. The number of cyclic esters (lactones) is 1. The predicted molar refractivity (Wildman–Crippen MR) is 191 cm³/mol. The number of nitrogens with zero attached hydrogens (tertiary/aromatic N) is 2. The molecule has 0 aliphatic carbocycles. The molecule has 0 unspecified atom stereocenters. The summed E-state index contributed by atoms with van der Waals surface area (Å²) in [5, 5.41) is 0. The summed E-state index contributed by atoms with van der Waals surface area (Å²) in [6, 6.07) is 0. The third kappa shape index (κ3) is 25.5. The van der Waals surface area contributed by atoms with Crippen LogP contribution in [0.3, 0.4) is 0 Å². The lowest BCUT2D eigenvalue weighted by atomic mass is 10.0. The highest BCUT2D eigenvalue weighted by atomic mass is 16.6. The zero-order valence-electron chi connectivity index (χ0n) is 30.4. The van der Waals surface area contributed by atoms with E-state index in [1.165, 1.54) is 141 Å². The Kier molecular flexibility index (Phi) is 29.0. The van der Waals surface area contributed by atoms with Gasteiger partial charge in [-0.1, -0.05) is 136 Å². The van der Waals surface area contributed by atoms with Crippen LogP contribution in [-0.2, 0) is 14.3 Å². The van der Waals surface area contributed by atoms with E-state index in [-0.39, 0.29) is 18.2 Å². The van der Waals surface area contributed by atoms with E-state index >= 15 is 0 Å². The molecule has 1 saturated heterocycles. The highest BCUT2D eigenvalue weighted by Gasteiger charge is 2.21. The lowest BCUT2D eigenvalue weighted by Crippen LogP contribution is -2.32. The number of unbranched alkanes of at least 4 members (excludes halogenated alkanes) is 19. The van der Waals surface area contributed by atoms with Crippen LogP contribution in [0, 0.1) is 0 Å². The van der Waals surface area contributed by atoms with Gasteiger partial charge in [0.05, 0.1) is 6.54 Å². The first-order chi connectivity index (χ1) is 22.1. The average molecular weight is 637 g/mol. The van der Waals surface area contributed by atoms with Crippen molar-refractivity contribution in [2.24, 2.45) is 0 Å². The number of hydrogen-bond donors (Lipinski definition) is 0. The minimum absolute atomic E-state index is 0.0314. The molecule has 1 rings (SSSR count). The van der Waals surface area contributed by atoms with Crippen LogP contribution in [-0.4, -0.2) is 67.3 Å². The molecule has 0 aromatic heterocycles. The zero-order chi connectivity index (χ0) is 32.6. The quantitative estimate of drug-likeness (QED) is 0.0519. The number of amides is 1. The summed E-state index contributed by atoms with van der Waals surface area (Å²) >= 11 is 0. The van der Waals surface area contributed by atoms with Crippen LogP contribution < -0.4 is 0 Å². The van der Waals surface area contributed by atoms with E-state index in [1.807, 2.05) is 4.90 Å². The van der Waals surface area contributed by atoms with Crippen LogP contribution in [0.5, 0.6) is 0 Å². The summed E-state index contributed by atoms with van der Waals surface area (Å²) in [5.41, 5.74) is 0. The number of carbonyl (C=O) groups is 2. The minimum atomic E-state index is -0.146. The molecule has 0 bridgehead atoms. The van der Waals surface area contributed by atoms with Gasteiger partial charge < -0.3 is 19.3 Å². The Morgan fingerprint density at radius 2 is 1.09 bits per heavy atom. The molecule has 1 amide bonds. The van der Waals surface area contributed by atoms with E-state index in [0.29, 0.717) is 13.0 Å². The van der Waals surface area contributed by atoms with Crippen molar-refractivity contribution >= 4 is 12.1 Å². The van der Waals surface area contributed by atoms with E-state index in [4.69, 9.17) is 9.47 Å². The molecule has 0 N–H and O–H groups in total. The number of rotatable bonds is 34. The molecule has 0 aromatic carbocycles. The van der Waals surface area contributed by atoms with Gasteiger partial charge in [0.15, 0.2) is 0 Å². The highest BCUT2D eigenvalue weighted by Crippen LogP contribution is 2.18. The van der Waals surface area contributed by atoms with Crippen molar-refractivity contribution in [2.75, 3.05) is 39.3 Å². The summed E-state index contributed by atoms with van der Waals surface area (Å²) < 4.78 is 11.1. The fraction of sp³-hybridized carbons (Fsp3) is 0.949. The third-order valence-electron chi connectivity index (χ3n) is 9.49. The minimum Gasteiger partial charge on any atom is -0.462 e. The second kappa shape index (κ2) is 31.3. The van der Waals surface area contributed by atoms with Gasteiger partial charge in [0.2, 0.25) is 0 Å². The van der Waals surface area contributed by atoms with Crippen molar-refractivity contribution in [3.05, 3.63) is 0 Å². The van der Waals surface area contributed by atoms with Crippen LogP contribution in [0.2, 0.25) is 0 Å². The fourth-order valence-corrected chi connectivity index (χ4v) is 6.51. The molecule has 45 heavy (non-hydrogen) atoms. The summed E-state index contributed by atoms with van der Waals surface area (Å²) in [6.07, 6.45) is 32.8. The van der Waals surface area contributed by atoms with Crippen molar-refractivity contribution in [3.8, 4) is 0 Å². The standard InChI is InChI=1S/C39H76N2O4/c1-4-7-10-13-17-22-28-37(29-23-18-14-11-8-5-2)45-38(42)30-24-19-16-21-26-32-40(31-25-20-15-12-9-6-3)33-27-34-41-35-36-44-39(41)43/h37H,4-36H2,1-3H3. The predicted octanol–water partition coefficient (Wildman–Crippen LogP) is 11.2. The van der Waals surface area contributed by atoms with Gasteiger partial charge in [0.1, 0.15) is 12.7 Å². The molecular weight excluding hydrogens is 560 g/mol. The van der Waals surface area contributed by atoms with E-state index in [1.54, 1.807) is 0 Å². The molecule has 1 heterocycles. The van der Waals surface area contributed by atoms with Crippen molar-refractivity contribution in [3.63, 3.8) is 0 Å². The lowest BCUT2D eigenvalue weighted by molar-refractivity contribution is -0.150. The maximum atomic E-state index is 12.7. The van der Waals surface area contributed by atoms with E-state index in [9.17, 15) is 9.59 Å². The van der Waals surface area contributed by atoms with Crippen molar-refractivity contribution in [1.29, 1.82) is 0 Å². The maximum absolute atomic E-state index is 12.7. The van der Waals surface area contributed by atoms with Gasteiger partial charge >= 0.3 is 12.1 Å². The van der Waals surface area contributed by atoms with Gasteiger partial charge in [-0.15, -0.1) is 0 Å². The molecule has 266 valence electrons. The number of carbonyl (C=O) groups excluding carboxylic acids is 2.